The van der Waals surface area contributed by atoms with Crippen molar-refractivity contribution in [3.63, 3.8) is 0 Å². The van der Waals surface area contributed by atoms with Crippen LogP contribution in [0, 0.1) is 13.8 Å². The summed E-state index contributed by atoms with van der Waals surface area (Å²) in [6.07, 6.45) is 0.330. The van der Waals surface area contributed by atoms with E-state index in [-0.39, 0.29) is 11.4 Å². The molecule has 0 fully saturated rings. The Morgan fingerprint density at radius 2 is 1.95 bits per heavy atom. The topological polar surface area (TPSA) is 35.5 Å². The molecule has 112 valence electrons. The van der Waals surface area contributed by atoms with E-state index in [9.17, 15) is 4.79 Å². The molecule has 20 heavy (non-hydrogen) atoms. The molecule has 0 aliphatic carbocycles. The fraction of sp³-hybridized carbons (Fsp3) is 0.588. The van der Waals surface area contributed by atoms with Crippen LogP contribution in [0.1, 0.15) is 48.7 Å². The van der Waals surface area contributed by atoms with Crippen LogP contribution in [0.15, 0.2) is 18.2 Å². The summed E-state index contributed by atoms with van der Waals surface area (Å²) in [6, 6.07) is 5.92. The first-order chi connectivity index (χ1) is 9.26. The smallest absolute Gasteiger partial charge is 0.191 e. The summed E-state index contributed by atoms with van der Waals surface area (Å²) in [5.41, 5.74) is 2.62. The van der Waals surface area contributed by atoms with Crippen molar-refractivity contribution in [2.45, 2.75) is 52.7 Å². The van der Waals surface area contributed by atoms with Gasteiger partial charge in [-0.3, -0.25) is 4.79 Å². The monoisotopic (exact) mass is 278 g/mol. The molecule has 1 atom stereocenters. The number of methoxy groups -OCH3 is 1. The zero-order valence-corrected chi connectivity index (χ0v) is 13.4. The van der Waals surface area contributed by atoms with Gasteiger partial charge in [0.05, 0.1) is 12.2 Å². The summed E-state index contributed by atoms with van der Waals surface area (Å²) in [6.45, 7) is 10.3. The van der Waals surface area contributed by atoms with Gasteiger partial charge in [0.15, 0.2) is 5.78 Å². The van der Waals surface area contributed by atoms with Crippen LogP contribution in [0.2, 0.25) is 0 Å². The largest absolute Gasteiger partial charge is 0.379 e. The van der Waals surface area contributed by atoms with Gasteiger partial charge in [-0.1, -0.05) is 17.7 Å². The van der Waals surface area contributed by atoms with E-state index in [2.05, 4.69) is 0 Å². The number of ketones is 1. The first kappa shape index (κ1) is 16.9. The number of aryl methyl sites for hydroxylation is 2. The van der Waals surface area contributed by atoms with E-state index in [1.54, 1.807) is 7.11 Å². The van der Waals surface area contributed by atoms with Crippen LogP contribution in [0.3, 0.4) is 0 Å². The van der Waals surface area contributed by atoms with Crippen molar-refractivity contribution >= 4 is 5.78 Å². The van der Waals surface area contributed by atoms with Gasteiger partial charge in [0.2, 0.25) is 0 Å². The normalized spacial score (nSPS) is 13.3. The quantitative estimate of drug-likeness (QED) is 0.713. The number of hydrogen-bond acceptors (Lipinski definition) is 3. The summed E-state index contributed by atoms with van der Waals surface area (Å²) in [7, 11) is 1.69. The van der Waals surface area contributed by atoms with Gasteiger partial charge in [0.25, 0.3) is 0 Å². The molecule has 1 aromatic rings. The zero-order chi connectivity index (χ0) is 15.3. The molecule has 0 heterocycles. The average molecular weight is 278 g/mol. The highest BCUT2D eigenvalue weighted by Crippen LogP contribution is 2.16. The highest BCUT2D eigenvalue weighted by molar-refractivity contribution is 6.00. The fourth-order valence-electron chi connectivity index (χ4n) is 1.88. The average Bonchev–Trinajstić information content (AvgIpc) is 2.40. The molecule has 0 N–H and O–H groups in total. The predicted molar refractivity (Wildman–Crippen MR) is 81.4 cm³/mol. The first-order valence-electron chi connectivity index (χ1n) is 7.05. The maximum absolute atomic E-state index is 12.4. The summed E-state index contributed by atoms with van der Waals surface area (Å²) in [5, 5.41) is 0. The lowest BCUT2D eigenvalue weighted by Crippen LogP contribution is -2.28. The second-order valence-corrected chi connectivity index (χ2v) is 5.91. The molecule has 3 heteroatoms. The van der Waals surface area contributed by atoms with Gasteiger partial charge in [-0.2, -0.15) is 0 Å². The summed E-state index contributed by atoms with van der Waals surface area (Å²) in [4.78, 5) is 12.4. The lowest BCUT2D eigenvalue weighted by Gasteiger charge is -2.23. The van der Waals surface area contributed by atoms with Crippen LogP contribution in [0.25, 0.3) is 0 Å². The third-order valence-corrected chi connectivity index (χ3v) is 3.65. The minimum atomic E-state index is -0.428. The van der Waals surface area contributed by atoms with Crippen molar-refractivity contribution in [1.82, 2.24) is 0 Å². The van der Waals surface area contributed by atoms with Crippen molar-refractivity contribution in [3.05, 3.63) is 34.9 Å². The Balaban J connectivity index is 2.61. The molecule has 0 radical (unpaired) electrons. The number of Topliss-reactive ketones (excluding diaryl/α,β-unsaturated/α-hetero) is 1. The SMILES string of the molecule is COC(C)(C)CCOC(C)C(=O)c1cc(C)ccc1C. The van der Waals surface area contributed by atoms with Gasteiger partial charge in [-0.25, -0.2) is 0 Å². The van der Waals surface area contributed by atoms with Crippen molar-refractivity contribution in [2.75, 3.05) is 13.7 Å². The van der Waals surface area contributed by atoms with E-state index in [0.29, 0.717) is 6.61 Å². The van der Waals surface area contributed by atoms with Crippen LogP contribution in [-0.2, 0) is 9.47 Å². The molecule has 0 aliphatic heterocycles. The van der Waals surface area contributed by atoms with E-state index >= 15 is 0 Å². The standard InChI is InChI=1S/C17H26O3/c1-12-7-8-13(2)15(11-12)16(18)14(3)20-10-9-17(4,5)19-6/h7-8,11,14H,9-10H2,1-6H3. The van der Waals surface area contributed by atoms with Crippen molar-refractivity contribution in [1.29, 1.82) is 0 Å². The van der Waals surface area contributed by atoms with Crippen LogP contribution in [0.4, 0.5) is 0 Å². The van der Waals surface area contributed by atoms with E-state index in [1.165, 1.54) is 0 Å². The highest BCUT2D eigenvalue weighted by atomic mass is 16.5. The molecule has 1 unspecified atom stereocenters. The van der Waals surface area contributed by atoms with Gasteiger partial charge in [0.1, 0.15) is 6.10 Å². The Labute approximate surface area is 122 Å². The van der Waals surface area contributed by atoms with Crippen molar-refractivity contribution < 1.29 is 14.3 Å². The molecule has 0 aromatic heterocycles. The number of ether oxygens (including phenoxy) is 2. The summed E-state index contributed by atoms with van der Waals surface area (Å²) in [5.74, 6) is 0.0430. The van der Waals surface area contributed by atoms with Gasteiger partial charge >= 0.3 is 0 Å². The minimum absolute atomic E-state index is 0.0430. The highest BCUT2D eigenvalue weighted by Gasteiger charge is 2.20. The summed E-state index contributed by atoms with van der Waals surface area (Å²) < 4.78 is 11.0. The lowest BCUT2D eigenvalue weighted by molar-refractivity contribution is -0.0197. The van der Waals surface area contributed by atoms with Gasteiger partial charge in [-0.15, -0.1) is 0 Å². The van der Waals surface area contributed by atoms with Crippen LogP contribution in [-0.4, -0.2) is 31.2 Å². The molecule has 0 saturated carbocycles. The Morgan fingerprint density at radius 1 is 1.30 bits per heavy atom. The van der Waals surface area contributed by atoms with Crippen molar-refractivity contribution in [2.24, 2.45) is 0 Å². The van der Waals surface area contributed by atoms with Crippen LogP contribution in [0.5, 0.6) is 0 Å². The van der Waals surface area contributed by atoms with E-state index in [4.69, 9.17) is 9.47 Å². The number of benzene rings is 1. The van der Waals surface area contributed by atoms with Gasteiger partial charge < -0.3 is 9.47 Å². The number of hydrogen-bond donors (Lipinski definition) is 0. The molecule has 0 bridgehead atoms. The van der Waals surface area contributed by atoms with Crippen LogP contribution >= 0.6 is 0 Å². The van der Waals surface area contributed by atoms with Gasteiger partial charge in [-0.05, 0) is 52.7 Å². The summed E-state index contributed by atoms with van der Waals surface area (Å²) >= 11 is 0. The Kier molecular flexibility index (Phi) is 5.90. The third-order valence-electron chi connectivity index (χ3n) is 3.65. The predicted octanol–water partition coefficient (Wildman–Crippen LogP) is 3.71. The molecule has 1 aromatic carbocycles. The van der Waals surface area contributed by atoms with E-state index in [1.807, 2.05) is 52.8 Å². The fourth-order valence-corrected chi connectivity index (χ4v) is 1.88. The molecule has 0 amide bonds. The second kappa shape index (κ2) is 7.00. The van der Waals surface area contributed by atoms with Crippen LogP contribution < -0.4 is 0 Å². The van der Waals surface area contributed by atoms with Gasteiger partial charge in [0, 0.05) is 12.7 Å². The molecule has 0 saturated heterocycles. The maximum atomic E-state index is 12.4. The van der Waals surface area contributed by atoms with E-state index in [0.717, 1.165) is 23.1 Å². The molecule has 1 rings (SSSR count). The second-order valence-electron chi connectivity index (χ2n) is 5.91. The first-order valence-corrected chi connectivity index (χ1v) is 7.05. The Bertz CT molecular complexity index is 463. The molecular formula is C17H26O3. The molecule has 3 nitrogen and oxygen atoms in total. The third kappa shape index (κ3) is 4.73. The number of carbonyl (C=O) groups excluding carboxylic acids is 1. The Morgan fingerprint density at radius 3 is 2.55 bits per heavy atom. The minimum Gasteiger partial charge on any atom is -0.379 e. The zero-order valence-electron chi connectivity index (χ0n) is 13.4. The molecular weight excluding hydrogens is 252 g/mol. The Hall–Kier alpha value is -1.19. The lowest BCUT2D eigenvalue weighted by atomic mass is 9.99. The molecule has 0 spiro atoms. The molecule has 0 aliphatic rings. The van der Waals surface area contributed by atoms with E-state index < -0.39 is 6.10 Å². The number of rotatable bonds is 7. The number of carbonyl (C=O) groups is 1. The van der Waals surface area contributed by atoms with Crippen molar-refractivity contribution in [3.8, 4) is 0 Å². The maximum Gasteiger partial charge on any atom is 0.191 e.